The van der Waals surface area contributed by atoms with Crippen molar-refractivity contribution in [3.63, 3.8) is 0 Å². The van der Waals surface area contributed by atoms with Crippen LogP contribution in [0, 0.1) is 0 Å². The van der Waals surface area contributed by atoms with E-state index in [2.05, 4.69) is 4.99 Å². The Morgan fingerprint density at radius 1 is 1.00 bits per heavy atom. The normalized spacial score (nSPS) is 25.6. The number of ether oxygens (including phenoxy) is 3. The van der Waals surface area contributed by atoms with Crippen molar-refractivity contribution < 1.29 is 28.9 Å². The summed E-state index contributed by atoms with van der Waals surface area (Å²) in [6.45, 7) is -0.164. The number of aliphatic hydroxyl groups excluding tert-OH is 1. The van der Waals surface area contributed by atoms with Crippen LogP contribution in [0.25, 0.3) is 0 Å². The Kier molecular flexibility index (Phi) is 5.94. The molecule has 0 radical (unpaired) electrons. The summed E-state index contributed by atoms with van der Waals surface area (Å²) in [4.78, 5) is 29.6. The molecule has 0 spiro atoms. The largest absolute Gasteiger partial charge is 0.452 e. The molecule has 2 aromatic rings. The molecule has 1 N–H and O–H groups in total. The van der Waals surface area contributed by atoms with Crippen LogP contribution in [0.3, 0.4) is 0 Å². The molecule has 29 heavy (non-hydrogen) atoms. The lowest BCUT2D eigenvalue weighted by atomic mass is 10.0. The third kappa shape index (κ3) is 4.34. The topological polar surface area (TPSA) is 94.4 Å². The van der Waals surface area contributed by atoms with E-state index in [1.807, 2.05) is 0 Å². The fourth-order valence-electron chi connectivity index (χ4n) is 3.20. The van der Waals surface area contributed by atoms with E-state index in [1.165, 1.54) is 11.8 Å². The lowest BCUT2D eigenvalue weighted by Gasteiger charge is -2.36. The summed E-state index contributed by atoms with van der Waals surface area (Å²) < 4.78 is 17.1. The van der Waals surface area contributed by atoms with E-state index in [0.29, 0.717) is 16.2 Å². The Morgan fingerprint density at radius 2 is 1.59 bits per heavy atom. The molecule has 7 nitrogen and oxygen atoms in total. The van der Waals surface area contributed by atoms with Gasteiger partial charge in [-0.15, -0.1) is 0 Å². The maximum Gasteiger partial charge on any atom is 0.338 e. The summed E-state index contributed by atoms with van der Waals surface area (Å²) in [5.74, 6) is -1.06. The summed E-state index contributed by atoms with van der Waals surface area (Å²) in [6, 6.07) is 16.6. The third-order valence-corrected chi connectivity index (χ3v) is 5.76. The maximum atomic E-state index is 12.6. The number of carbonyl (C=O) groups excluding carboxylic acids is 2. The highest BCUT2D eigenvalue weighted by molar-refractivity contribution is 8.14. The number of nitrogens with zero attached hydrogens (tertiary/aromatic N) is 1. The van der Waals surface area contributed by atoms with E-state index >= 15 is 0 Å². The fourth-order valence-corrected chi connectivity index (χ4v) is 4.22. The second kappa shape index (κ2) is 8.77. The number of benzene rings is 2. The number of hydrogen-bond acceptors (Lipinski definition) is 8. The minimum absolute atomic E-state index is 0.0632. The first-order valence-corrected chi connectivity index (χ1v) is 10.0. The van der Waals surface area contributed by atoms with E-state index < -0.39 is 35.6 Å². The van der Waals surface area contributed by atoms with E-state index in [9.17, 15) is 14.7 Å². The molecule has 2 aliphatic heterocycles. The van der Waals surface area contributed by atoms with Gasteiger partial charge in [0.25, 0.3) is 0 Å². The van der Waals surface area contributed by atoms with Gasteiger partial charge in [-0.25, -0.2) is 9.59 Å². The Morgan fingerprint density at radius 3 is 2.17 bits per heavy atom. The van der Waals surface area contributed by atoms with Gasteiger partial charge in [0.2, 0.25) is 0 Å². The molecule has 0 saturated carbocycles. The van der Waals surface area contributed by atoms with Crippen molar-refractivity contribution in [2.75, 3.05) is 13.2 Å². The molecule has 8 heteroatoms. The van der Waals surface area contributed by atoms with Crippen LogP contribution in [0.1, 0.15) is 20.7 Å². The minimum Gasteiger partial charge on any atom is -0.452 e. The number of esters is 2. The standard InChI is InChI=1S/C21H19NO6S/c23-11-16-22-17-18(28-20(25)14-9-5-2-6-10-14)15(12-26-21(17)29-16)27-19(24)13-7-3-1-4-8-13/h1-10,15,17-18,21,23H,11-12H2. The SMILES string of the molecule is O=C(OC1COC2SC(CO)=NC2C1OC(=O)c1ccccc1)c1ccccc1. The first-order valence-electron chi connectivity index (χ1n) is 9.13. The molecule has 0 aromatic heterocycles. The van der Waals surface area contributed by atoms with Gasteiger partial charge < -0.3 is 19.3 Å². The average Bonchev–Trinajstić information content (AvgIpc) is 3.20. The molecule has 1 fully saturated rings. The summed E-state index contributed by atoms with van der Waals surface area (Å²) in [6.07, 6.45) is -1.65. The fraction of sp³-hybridized carbons (Fsp3) is 0.286. The van der Waals surface area contributed by atoms with Gasteiger partial charge in [0.05, 0.1) is 29.4 Å². The van der Waals surface area contributed by atoms with E-state index in [0.717, 1.165) is 0 Å². The van der Waals surface area contributed by atoms with Crippen molar-refractivity contribution in [2.24, 2.45) is 4.99 Å². The zero-order chi connectivity index (χ0) is 20.2. The average molecular weight is 413 g/mol. The lowest BCUT2D eigenvalue weighted by Crippen LogP contribution is -2.53. The van der Waals surface area contributed by atoms with Crippen molar-refractivity contribution >= 4 is 28.7 Å². The van der Waals surface area contributed by atoms with Crippen LogP contribution in [-0.2, 0) is 14.2 Å². The second-order valence-corrected chi connectivity index (χ2v) is 7.71. The smallest absolute Gasteiger partial charge is 0.338 e. The first-order chi connectivity index (χ1) is 14.2. The Labute approximate surface area is 171 Å². The number of carbonyl (C=O) groups is 2. The molecule has 4 rings (SSSR count). The molecule has 150 valence electrons. The summed E-state index contributed by atoms with van der Waals surface area (Å²) in [7, 11) is 0. The minimum atomic E-state index is -0.828. The predicted molar refractivity (Wildman–Crippen MR) is 107 cm³/mol. The highest BCUT2D eigenvalue weighted by atomic mass is 32.2. The van der Waals surface area contributed by atoms with E-state index in [4.69, 9.17) is 14.2 Å². The van der Waals surface area contributed by atoms with Gasteiger partial charge in [-0.3, -0.25) is 4.99 Å². The molecular weight excluding hydrogens is 394 g/mol. The van der Waals surface area contributed by atoms with Gasteiger partial charge in [-0.05, 0) is 24.3 Å². The van der Waals surface area contributed by atoms with Crippen molar-refractivity contribution in [1.29, 1.82) is 0 Å². The van der Waals surface area contributed by atoms with Crippen LogP contribution >= 0.6 is 11.8 Å². The summed E-state index contributed by atoms with van der Waals surface area (Å²) in [5.41, 5.74) is 0.376. The quantitative estimate of drug-likeness (QED) is 0.752. The van der Waals surface area contributed by atoms with Crippen molar-refractivity contribution in [1.82, 2.24) is 0 Å². The highest BCUT2D eigenvalue weighted by Crippen LogP contribution is 2.36. The van der Waals surface area contributed by atoms with E-state index in [-0.39, 0.29) is 13.2 Å². The second-order valence-electron chi connectivity index (χ2n) is 6.54. The molecule has 4 unspecified atom stereocenters. The molecule has 4 atom stereocenters. The van der Waals surface area contributed by atoms with Crippen LogP contribution in [-0.4, -0.2) is 59.0 Å². The Hall–Kier alpha value is -2.68. The molecule has 2 heterocycles. The number of aliphatic hydroxyl groups is 1. The molecule has 1 saturated heterocycles. The molecule has 2 aliphatic rings. The number of rotatable bonds is 5. The van der Waals surface area contributed by atoms with Crippen molar-refractivity contribution in [3.05, 3.63) is 71.8 Å². The summed E-state index contributed by atoms with van der Waals surface area (Å²) >= 11 is 1.28. The van der Waals surface area contributed by atoms with Gasteiger partial charge in [0.1, 0.15) is 11.5 Å². The zero-order valence-corrected chi connectivity index (χ0v) is 16.2. The molecular formula is C21H19NO6S. The summed E-state index contributed by atoms with van der Waals surface area (Å²) in [5, 5.41) is 9.91. The number of hydrogen-bond donors (Lipinski definition) is 1. The highest BCUT2D eigenvalue weighted by Gasteiger charge is 2.48. The van der Waals surface area contributed by atoms with Crippen molar-refractivity contribution in [3.8, 4) is 0 Å². The number of thioether (sulfide) groups is 1. The van der Waals surface area contributed by atoms with Gasteiger partial charge in [0.15, 0.2) is 12.2 Å². The van der Waals surface area contributed by atoms with Crippen LogP contribution < -0.4 is 0 Å². The molecule has 2 aromatic carbocycles. The maximum absolute atomic E-state index is 12.6. The van der Waals surface area contributed by atoms with Crippen LogP contribution in [0.15, 0.2) is 65.7 Å². The third-order valence-electron chi connectivity index (χ3n) is 4.61. The first kappa shape index (κ1) is 19.6. The zero-order valence-electron chi connectivity index (χ0n) is 15.3. The van der Waals surface area contributed by atoms with E-state index in [1.54, 1.807) is 60.7 Å². The van der Waals surface area contributed by atoms with Crippen LogP contribution in [0.2, 0.25) is 0 Å². The van der Waals surface area contributed by atoms with Gasteiger partial charge in [-0.1, -0.05) is 48.2 Å². The van der Waals surface area contributed by atoms with Crippen LogP contribution in [0.5, 0.6) is 0 Å². The van der Waals surface area contributed by atoms with Gasteiger partial charge in [0, 0.05) is 0 Å². The Bertz CT molecular complexity index is 904. The van der Waals surface area contributed by atoms with Crippen LogP contribution in [0.4, 0.5) is 0 Å². The molecule has 0 bridgehead atoms. The number of fused-ring (bicyclic) bond motifs is 1. The molecule has 0 aliphatic carbocycles. The molecule has 0 amide bonds. The monoisotopic (exact) mass is 413 g/mol. The van der Waals surface area contributed by atoms with Gasteiger partial charge in [-0.2, -0.15) is 0 Å². The van der Waals surface area contributed by atoms with Gasteiger partial charge >= 0.3 is 11.9 Å². The van der Waals surface area contributed by atoms with Crippen molar-refractivity contribution in [2.45, 2.75) is 23.7 Å². The lowest BCUT2D eigenvalue weighted by molar-refractivity contribution is -0.117. The number of aliphatic imine (C=N–C) groups is 1. The predicted octanol–water partition coefficient (Wildman–Crippen LogP) is 2.30. The Balaban J connectivity index is 1.56.